The molecule has 4 heteroatoms. The zero-order chi connectivity index (χ0) is 15.4. The summed E-state index contributed by atoms with van der Waals surface area (Å²) in [6, 6.07) is 7.37. The topological polar surface area (TPSA) is 15.3 Å². The number of halogens is 2. The van der Waals surface area contributed by atoms with Gasteiger partial charge in [0.25, 0.3) is 0 Å². The second kappa shape index (κ2) is 7.96. The average molecular weight is 374 g/mol. The van der Waals surface area contributed by atoms with Crippen molar-refractivity contribution in [1.29, 1.82) is 0 Å². The predicted octanol–water partition coefficient (Wildman–Crippen LogP) is 4.70. The van der Waals surface area contributed by atoms with Crippen LogP contribution in [0.1, 0.15) is 39.2 Å². The van der Waals surface area contributed by atoms with Crippen molar-refractivity contribution in [3.63, 3.8) is 0 Å². The number of hydrogen-bond acceptors (Lipinski definition) is 2. The third-order valence-corrected chi connectivity index (χ3v) is 5.59. The quantitative estimate of drug-likeness (QED) is 0.823. The Bertz CT molecular complexity index is 466. The van der Waals surface area contributed by atoms with Gasteiger partial charge < -0.3 is 5.32 Å². The Morgan fingerprint density at radius 3 is 2.90 bits per heavy atom. The Kier molecular flexibility index (Phi) is 6.54. The Morgan fingerprint density at radius 1 is 1.48 bits per heavy atom. The van der Waals surface area contributed by atoms with E-state index in [-0.39, 0.29) is 0 Å². The van der Waals surface area contributed by atoms with E-state index in [4.69, 9.17) is 11.6 Å². The fourth-order valence-electron chi connectivity index (χ4n) is 2.91. The van der Waals surface area contributed by atoms with E-state index in [1.54, 1.807) is 0 Å². The number of hydrogen-bond donors (Lipinski definition) is 1. The smallest absolute Gasteiger partial charge is 0.0462 e. The lowest BCUT2D eigenvalue weighted by Crippen LogP contribution is -2.43. The van der Waals surface area contributed by atoms with Crippen LogP contribution in [0, 0.1) is 5.92 Å². The summed E-state index contributed by atoms with van der Waals surface area (Å²) in [5.74, 6) is 0.707. The number of nitrogens with one attached hydrogen (secondary N) is 1. The third-order valence-electron chi connectivity index (χ3n) is 4.74. The van der Waals surface area contributed by atoms with Crippen LogP contribution in [-0.4, -0.2) is 30.1 Å². The van der Waals surface area contributed by atoms with Crippen molar-refractivity contribution in [2.75, 3.05) is 13.1 Å². The zero-order valence-corrected chi connectivity index (χ0v) is 15.5. The highest BCUT2D eigenvalue weighted by molar-refractivity contribution is 9.10. The first-order valence-electron chi connectivity index (χ1n) is 7.92. The fourth-order valence-corrected chi connectivity index (χ4v) is 3.65. The van der Waals surface area contributed by atoms with Gasteiger partial charge in [0.2, 0.25) is 0 Å². The minimum Gasteiger partial charge on any atom is -0.312 e. The first-order valence-corrected chi connectivity index (χ1v) is 9.09. The largest absolute Gasteiger partial charge is 0.312 e. The molecule has 3 atom stereocenters. The van der Waals surface area contributed by atoms with Gasteiger partial charge in [-0.15, -0.1) is 0 Å². The summed E-state index contributed by atoms with van der Waals surface area (Å²) >= 11 is 9.87. The van der Waals surface area contributed by atoms with E-state index >= 15 is 0 Å². The molecule has 1 aromatic rings. The molecule has 1 saturated heterocycles. The van der Waals surface area contributed by atoms with Gasteiger partial charge in [-0.25, -0.2) is 0 Å². The minimum absolute atomic E-state index is 0.578. The average Bonchev–Trinajstić information content (AvgIpc) is 2.63. The molecule has 1 aliphatic rings. The van der Waals surface area contributed by atoms with Crippen LogP contribution in [0.2, 0.25) is 5.02 Å². The monoisotopic (exact) mass is 372 g/mol. The normalized spacial score (nSPS) is 25.6. The number of nitrogens with zero attached hydrogens (tertiary/aromatic N) is 1. The zero-order valence-electron chi connectivity index (χ0n) is 13.2. The van der Waals surface area contributed by atoms with Crippen LogP contribution in [0.25, 0.3) is 0 Å². The summed E-state index contributed by atoms with van der Waals surface area (Å²) < 4.78 is 1.04. The van der Waals surface area contributed by atoms with Crippen LogP contribution in [0.5, 0.6) is 0 Å². The second-order valence-electron chi connectivity index (χ2n) is 6.25. The van der Waals surface area contributed by atoms with E-state index in [0.29, 0.717) is 18.0 Å². The van der Waals surface area contributed by atoms with E-state index in [9.17, 15) is 0 Å². The highest BCUT2D eigenvalue weighted by Crippen LogP contribution is 2.25. The Labute approximate surface area is 142 Å². The van der Waals surface area contributed by atoms with Gasteiger partial charge in [-0.3, -0.25) is 4.90 Å². The summed E-state index contributed by atoms with van der Waals surface area (Å²) in [4.78, 5) is 2.58. The number of benzene rings is 1. The SMILES string of the molecule is CCC(C)C1CN(Cc2ccc(Br)cc2Cl)C(C)CCN1. The van der Waals surface area contributed by atoms with E-state index < -0.39 is 0 Å². The minimum atomic E-state index is 0.578. The van der Waals surface area contributed by atoms with Crippen LogP contribution in [0.3, 0.4) is 0 Å². The Morgan fingerprint density at radius 2 is 2.24 bits per heavy atom. The molecule has 118 valence electrons. The first-order chi connectivity index (χ1) is 10.0. The molecule has 1 aliphatic heterocycles. The summed E-state index contributed by atoms with van der Waals surface area (Å²) in [6.07, 6.45) is 2.42. The van der Waals surface area contributed by atoms with Crippen molar-refractivity contribution < 1.29 is 0 Å². The van der Waals surface area contributed by atoms with Crippen LogP contribution in [-0.2, 0) is 6.54 Å². The van der Waals surface area contributed by atoms with Crippen molar-refractivity contribution in [2.45, 2.75) is 52.2 Å². The summed E-state index contributed by atoms with van der Waals surface area (Å²) in [6.45, 7) is 10.1. The van der Waals surface area contributed by atoms with E-state index in [1.807, 2.05) is 6.07 Å². The van der Waals surface area contributed by atoms with Gasteiger partial charge in [-0.2, -0.15) is 0 Å². The fraction of sp³-hybridized carbons (Fsp3) is 0.647. The maximum Gasteiger partial charge on any atom is 0.0462 e. The predicted molar refractivity (Wildman–Crippen MR) is 94.9 cm³/mol. The highest BCUT2D eigenvalue weighted by Gasteiger charge is 2.26. The van der Waals surface area contributed by atoms with Crippen molar-refractivity contribution >= 4 is 27.5 Å². The van der Waals surface area contributed by atoms with Crippen LogP contribution in [0.15, 0.2) is 22.7 Å². The lowest BCUT2D eigenvalue weighted by atomic mass is 9.98. The molecule has 2 rings (SSSR count). The van der Waals surface area contributed by atoms with Gasteiger partial charge in [-0.05, 0) is 43.5 Å². The lowest BCUT2D eigenvalue weighted by Gasteiger charge is -2.31. The van der Waals surface area contributed by atoms with Gasteiger partial charge in [0.1, 0.15) is 0 Å². The molecule has 0 spiro atoms. The molecule has 0 saturated carbocycles. The van der Waals surface area contributed by atoms with E-state index in [0.717, 1.165) is 29.1 Å². The Balaban J connectivity index is 2.11. The van der Waals surface area contributed by atoms with Crippen molar-refractivity contribution in [3.05, 3.63) is 33.3 Å². The second-order valence-corrected chi connectivity index (χ2v) is 7.57. The van der Waals surface area contributed by atoms with Crippen molar-refractivity contribution in [1.82, 2.24) is 10.2 Å². The maximum atomic E-state index is 6.39. The Hall–Kier alpha value is -0.0900. The summed E-state index contributed by atoms with van der Waals surface area (Å²) in [5, 5.41) is 4.58. The van der Waals surface area contributed by atoms with Gasteiger partial charge in [0, 0.05) is 34.7 Å². The van der Waals surface area contributed by atoms with E-state index in [1.165, 1.54) is 18.4 Å². The van der Waals surface area contributed by atoms with Crippen LogP contribution < -0.4 is 5.32 Å². The first kappa shape index (κ1) is 17.3. The molecule has 1 N–H and O–H groups in total. The van der Waals surface area contributed by atoms with Gasteiger partial charge in [-0.1, -0.05) is 53.9 Å². The maximum absolute atomic E-state index is 6.39. The molecule has 3 unspecified atom stereocenters. The summed E-state index contributed by atoms with van der Waals surface area (Å²) in [5.41, 5.74) is 1.22. The highest BCUT2D eigenvalue weighted by atomic mass is 79.9. The molecule has 0 radical (unpaired) electrons. The molecule has 1 heterocycles. The van der Waals surface area contributed by atoms with Gasteiger partial charge >= 0.3 is 0 Å². The summed E-state index contributed by atoms with van der Waals surface area (Å²) in [7, 11) is 0. The molecule has 0 aliphatic carbocycles. The van der Waals surface area contributed by atoms with Gasteiger partial charge in [0.05, 0.1) is 0 Å². The molecule has 2 nitrogen and oxygen atoms in total. The molecule has 0 amide bonds. The molecular weight excluding hydrogens is 348 g/mol. The standard InChI is InChI=1S/C17H26BrClN2/c1-4-12(2)17-11-21(13(3)7-8-20-17)10-14-5-6-15(18)9-16(14)19/h5-6,9,12-13,17,20H,4,7-8,10-11H2,1-3H3. The lowest BCUT2D eigenvalue weighted by molar-refractivity contribution is 0.180. The van der Waals surface area contributed by atoms with Crippen LogP contribution >= 0.6 is 27.5 Å². The van der Waals surface area contributed by atoms with Gasteiger partial charge in [0.15, 0.2) is 0 Å². The molecular formula is C17H26BrClN2. The van der Waals surface area contributed by atoms with Crippen molar-refractivity contribution in [2.24, 2.45) is 5.92 Å². The molecule has 0 bridgehead atoms. The molecule has 0 aromatic heterocycles. The van der Waals surface area contributed by atoms with Crippen LogP contribution in [0.4, 0.5) is 0 Å². The molecule has 21 heavy (non-hydrogen) atoms. The third kappa shape index (κ3) is 4.69. The van der Waals surface area contributed by atoms with E-state index in [2.05, 4.69) is 59.1 Å². The molecule has 1 aromatic carbocycles. The molecule has 1 fully saturated rings. The van der Waals surface area contributed by atoms with Crippen molar-refractivity contribution in [3.8, 4) is 0 Å². The number of rotatable bonds is 4.